The third-order valence-electron chi connectivity index (χ3n) is 4.99. The van der Waals surface area contributed by atoms with Crippen LogP contribution in [0.2, 0.25) is 0 Å². The molecule has 3 aromatic carbocycles. The van der Waals surface area contributed by atoms with Crippen LogP contribution in [0.3, 0.4) is 0 Å². The summed E-state index contributed by atoms with van der Waals surface area (Å²) in [5, 5.41) is 6.40. The summed E-state index contributed by atoms with van der Waals surface area (Å²) < 4.78 is 5.60. The van der Waals surface area contributed by atoms with Gasteiger partial charge in [-0.2, -0.15) is 0 Å². The van der Waals surface area contributed by atoms with Gasteiger partial charge in [0.1, 0.15) is 5.75 Å². The number of hydrogen-bond acceptors (Lipinski definition) is 3. The summed E-state index contributed by atoms with van der Waals surface area (Å²) in [7, 11) is 0. The molecule has 3 rings (SSSR count). The third kappa shape index (κ3) is 7.37. The lowest BCUT2D eigenvalue weighted by Crippen LogP contribution is -2.25. The van der Waals surface area contributed by atoms with Gasteiger partial charge in [-0.1, -0.05) is 60.2 Å². The average Bonchev–Trinajstić information content (AvgIpc) is 2.78. The van der Waals surface area contributed by atoms with E-state index in [4.69, 9.17) is 4.74 Å². The summed E-state index contributed by atoms with van der Waals surface area (Å²) in [6.45, 7) is 5.03. The molecule has 0 heterocycles. The molecule has 0 fully saturated rings. The first-order chi connectivity index (χ1) is 14.6. The van der Waals surface area contributed by atoms with E-state index in [1.807, 2.05) is 55.5 Å². The fourth-order valence-electron chi connectivity index (χ4n) is 3.11. The van der Waals surface area contributed by atoms with Gasteiger partial charge in [-0.15, -0.1) is 0 Å². The first-order valence-corrected chi connectivity index (χ1v) is 10.4. The number of benzene rings is 3. The molecule has 4 heteroatoms. The highest BCUT2D eigenvalue weighted by atomic mass is 16.5. The zero-order chi connectivity index (χ0) is 21.2. The molecule has 3 aromatic rings. The quantitative estimate of drug-likeness (QED) is 0.495. The van der Waals surface area contributed by atoms with Crippen molar-refractivity contribution in [2.75, 3.05) is 11.9 Å². The summed E-state index contributed by atoms with van der Waals surface area (Å²) >= 11 is 0. The fourth-order valence-corrected chi connectivity index (χ4v) is 3.11. The van der Waals surface area contributed by atoms with Crippen LogP contribution in [0.15, 0.2) is 78.9 Å². The van der Waals surface area contributed by atoms with Crippen molar-refractivity contribution >= 4 is 11.6 Å². The van der Waals surface area contributed by atoms with Crippen LogP contribution in [0.1, 0.15) is 30.0 Å². The number of carbonyl (C=O) groups excluding carboxylic acids is 1. The van der Waals surface area contributed by atoms with E-state index >= 15 is 0 Å². The second-order valence-electron chi connectivity index (χ2n) is 7.65. The Kier molecular flexibility index (Phi) is 8.04. The van der Waals surface area contributed by atoms with Crippen LogP contribution in [0, 0.1) is 6.92 Å². The van der Waals surface area contributed by atoms with Gasteiger partial charge in [0.15, 0.2) is 6.61 Å². The average molecular weight is 403 g/mol. The van der Waals surface area contributed by atoms with E-state index in [-0.39, 0.29) is 12.5 Å². The highest BCUT2D eigenvalue weighted by Crippen LogP contribution is 2.13. The van der Waals surface area contributed by atoms with Crippen molar-refractivity contribution in [3.63, 3.8) is 0 Å². The van der Waals surface area contributed by atoms with Crippen LogP contribution in [-0.2, 0) is 17.8 Å². The molecule has 1 amide bonds. The SMILES string of the molecule is Cc1ccc(NC(=O)COc2ccc(CNC(C)CCc3ccccc3)cc2)cc1. The van der Waals surface area contributed by atoms with Crippen LogP contribution in [0.5, 0.6) is 5.75 Å². The van der Waals surface area contributed by atoms with E-state index in [2.05, 4.69) is 47.9 Å². The van der Waals surface area contributed by atoms with Gasteiger partial charge >= 0.3 is 0 Å². The Hall–Kier alpha value is -3.11. The largest absolute Gasteiger partial charge is 0.484 e. The lowest BCUT2D eigenvalue weighted by atomic mass is 10.1. The van der Waals surface area contributed by atoms with Crippen molar-refractivity contribution in [1.29, 1.82) is 0 Å². The third-order valence-corrected chi connectivity index (χ3v) is 4.99. The Bertz CT molecular complexity index is 906. The minimum absolute atomic E-state index is 0.0119. The number of carbonyl (C=O) groups is 1. The van der Waals surface area contributed by atoms with Crippen LogP contribution < -0.4 is 15.4 Å². The van der Waals surface area contributed by atoms with E-state index in [1.165, 1.54) is 11.1 Å². The smallest absolute Gasteiger partial charge is 0.262 e. The number of rotatable bonds is 10. The minimum atomic E-state index is -0.170. The van der Waals surface area contributed by atoms with E-state index in [1.54, 1.807) is 0 Å². The molecule has 0 bridgehead atoms. The Morgan fingerprint density at radius 2 is 1.60 bits per heavy atom. The zero-order valence-corrected chi connectivity index (χ0v) is 17.7. The summed E-state index contributed by atoms with van der Waals surface area (Å²) in [6.07, 6.45) is 2.17. The molecule has 1 unspecified atom stereocenters. The van der Waals surface area contributed by atoms with Gasteiger partial charge < -0.3 is 15.4 Å². The molecule has 1 atom stereocenters. The maximum Gasteiger partial charge on any atom is 0.262 e. The molecule has 0 aromatic heterocycles. The van der Waals surface area contributed by atoms with Crippen molar-refractivity contribution in [3.05, 3.63) is 95.6 Å². The van der Waals surface area contributed by atoms with Gasteiger partial charge in [0.25, 0.3) is 5.91 Å². The van der Waals surface area contributed by atoms with Gasteiger partial charge in [-0.3, -0.25) is 4.79 Å². The minimum Gasteiger partial charge on any atom is -0.484 e. The second-order valence-corrected chi connectivity index (χ2v) is 7.65. The molecule has 4 nitrogen and oxygen atoms in total. The zero-order valence-electron chi connectivity index (χ0n) is 17.7. The molecule has 0 aliphatic rings. The predicted octanol–water partition coefficient (Wildman–Crippen LogP) is 5.12. The van der Waals surface area contributed by atoms with Gasteiger partial charge in [-0.25, -0.2) is 0 Å². The van der Waals surface area contributed by atoms with E-state index in [9.17, 15) is 4.79 Å². The lowest BCUT2D eigenvalue weighted by molar-refractivity contribution is -0.118. The van der Waals surface area contributed by atoms with E-state index in [0.717, 1.165) is 30.6 Å². The monoisotopic (exact) mass is 402 g/mol. The molecule has 0 aliphatic heterocycles. The van der Waals surface area contributed by atoms with Crippen LogP contribution >= 0.6 is 0 Å². The number of amides is 1. The molecule has 0 saturated carbocycles. The van der Waals surface area contributed by atoms with Crippen LogP contribution in [0.25, 0.3) is 0 Å². The Balaban J connectivity index is 1.36. The molecular formula is C26H30N2O2. The predicted molar refractivity (Wildman–Crippen MR) is 123 cm³/mol. The van der Waals surface area contributed by atoms with Crippen molar-refractivity contribution in [3.8, 4) is 5.75 Å². The van der Waals surface area contributed by atoms with Crippen LogP contribution in [-0.4, -0.2) is 18.6 Å². The van der Waals surface area contributed by atoms with Gasteiger partial charge in [0.2, 0.25) is 0 Å². The Morgan fingerprint density at radius 1 is 0.900 bits per heavy atom. The van der Waals surface area contributed by atoms with Crippen molar-refractivity contribution in [2.24, 2.45) is 0 Å². The molecule has 0 radical (unpaired) electrons. The molecule has 0 spiro atoms. The van der Waals surface area contributed by atoms with Gasteiger partial charge in [-0.05, 0) is 62.1 Å². The summed E-state index contributed by atoms with van der Waals surface area (Å²) in [5.41, 5.74) is 4.50. The Morgan fingerprint density at radius 3 is 2.30 bits per heavy atom. The highest BCUT2D eigenvalue weighted by molar-refractivity contribution is 5.91. The molecule has 2 N–H and O–H groups in total. The van der Waals surface area contributed by atoms with Gasteiger partial charge in [0, 0.05) is 18.3 Å². The summed E-state index contributed by atoms with van der Waals surface area (Å²) in [4.78, 5) is 12.0. The lowest BCUT2D eigenvalue weighted by Gasteiger charge is -2.14. The summed E-state index contributed by atoms with van der Waals surface area (Å²) in [6, 6.07) is 26.6. The number of aryl methyl sites for hydroxylation is 2. The normalized spacial score (nSPS) is 11.7. The van der Waals surface area contributed by atoms with Gasteiger partial charge in [0.05, 0.1) is 0 Å². The van der Waals surface area contributed by atoms with Crippen molar-refractivity contribution in [2.45, 2.75) is 39.3 Å². The van der Waals surface area contributed by atoms with Crippen molar-refractivity contribution < 1.29 is 9.53 Å². The second kappa shape index (κ2) is 11.2. The first kappa shape index (κ1) is 21.6. The molecule has 156 valence electrons. The topological polar surface area (TPSA) is 50.4 Å². The molecule has 0 aliphatic carbocycles. The summed E-state index contributed by atoms with van der Waals surface area (Å²) in [5.74, 6) is 0.520. The standard InChI is InChI=1S/C26H30N2O2/c1-20-8-14-24(15-9-20)28-26(29)19-30-25-16-12-23(13-17-25)18-27-21(2)10-11-22-6-4-3-5-7-22/h3-9,12-17,21,27H,10-11,18-19H2,1-2H3,(H,28,29). The number of ether oxygens (including phenoxy) is 1. The van der Waals surface area contributed by atoms with Crippen LogP contribution in [0.4, 0.5) is 5.69 Å². The number of hydrogen-bond donors (Lipinski definition) is 2. The first-order valence-electron chi connectivity index (χ1n) is 10.4. The maximum absolute atomic E-state index is 12.0. The van der Waals surface area contributed by atoms with E-state index in [0.29, 0.717) is 11.8 Å². The van der Waals surface area contributed by atoms with E-state index < -0.39 is 0 Å². The number of anilines is 1. The fraction of sp³-hybridized carbons (Fsp3) is 0.269. The molecule has 30 heavy (non-hydrogen) atoms. The molecular weight excluding hydrogens is 372 g/mol. The van der Waals surface area contributed by atoms with Crippen molar-refractivity contribution in [1.82, 2.24) is 5.32 Å². The maximum atomic E-state index is 12.0. The highest BCUT2D eigenvalue weighted by Gasteiger charge is 2.05. The molecule has 0 saturated heterocycles. The number of nitrogens with one attached hydrogen (secondary N) is 2. The Labute approximate surface area is 179 Å².